The van der Waals surface area contributed by atoms with Crippen LogP contribution in [-0.2, 0) is 0 Å². The lowest BCUT2D eigenvalue weighted by atomic mass is 9.79. The zero-order valence-electron chi connectivity index (χ0n) is 11.2. The predicted molar refractivity (Wildman–Crippen MR) is 70.6 cm³/mol. The number of hydrogen-bond donors (Lipinski definition) is 1. The van der Waals surface area contributed by atoms with Crippen molar-refractivity contribution < 1.29 is 0 Å². The first kappa shape index (κ1) is 12.4. The van der Waals surface area contributed by atoms with E-state index in [1.807, 2.05) is 0 Å². The number of nitrogens with one attached hydrogen (secondary N) is 1. The third kappa shape index (κ3) is 3.48. The molecule has 0 aromatic carbocycles. The van der Waals surface area contributed by atoms with Crippen LogP contribution in [0, 0.1) is 11.8 Å². The average Bonchev–Trinajstić information content (AvgIpc) is 2.15. The Morgan fingerprint density at radius 3 is 2.19 bits per heavy atom. The zero-order valence-corrected chi connectivity index (χ0v) is 11.2. The molecule has 0 amide bonds. The van der Waals surface area contributed by atoms with Crippen molar-refractivity contribution in [1.29, 1.82) is 0 Å². The van der Waals surface area contributed by atoms with Gasteiger partial charge in [-0.05, 0) is 44.9 Å². The van der Waals surface area contributed by atoms with Crippen LogP contribution in [0.25, 0.3) is 0 Å². The lowest BCUT2D eigenvalue weighted by Crippen LogP contribution is -2.42. The molecule has 2 atom stereocenters. The molecule has 0 radical (unpaired) electrons. The van der Waals surface area contributed by atoms with E-state index < -0.39 is 0 Å². The monoisotopic (exact) mass is 223 g/mol. The lowest BCUT2D eigenvalue weighted by molar-refractivity contribution is 0.214. The Bertz CT molecular complexity index is 188. The van der Waals surface area contributed by atoms with Gasteiger partial charge < -0.3 is 5.32 Å². The van der Waals surface area contributed by atoms with E-state index in [0.717, 1.165) is 23.9 Å². The molecular formula is C15H29N. The molecule has 2 aliphatic carbocycles. The van der Waals surface area contributed by atoms with Gasteiger partial charge in [0.05, 0.1) is 0 Å². The highest BCUT2D eigenvalue weighted by Gasteiger charge is 2.25. The van der Waals surface area contributed by atoms with Gasteiger partial charge in [-0.15, -0.1) is 0 Å². The summed E-state index contributed by atoms with van der Waals surface area (Å²) >= 11 is 0. The second kappa shape index (κ2) is 6.05. The van der Waals surface area contributed by atoms with Gasteiger partial charge in [-0.1, -0.05) is 38.5 Å². The first-order valence-corrected chi connectivity index (χ1v) is 7.51. The van der Waals surface area contributed by atoms with Crippen molar-refractivity contribution in [2.75, 3.05) is 0 Å². The summed E-state index contributed by atoms with van der Waals surface area (Å²) in [6.07, 6.45) is 13.2. The van der Waals surface area contributed by atoms with Crippen molar-refractivity contribution in [3.05, 3.63) is 0 Å². The minimum absolute atomic E-state index is 0.735. The second-order valence-electron chi connectivity index (χ2n) is 6.29. The van der Waals surface area contributed by atoms with E-state index in [4.69, 9.17) is 0 Å². The summed E-state index contributed by atoms with van der Waals surface area (Å²) in [7, 11) is 0. The smallest absolute Gasteiger partial charge is 0.00694 e. The molecular weight excluding hydrogens is 194 g/mol. The molecule has 2 aliphatic rings. The molecule has 2 fully saturated rings. The molecule has 0 bridgehead atoms. The van der Waals surface area contributed by atoms with Gasteiger partial charge in [-0.2, -0.15) is 0 Å². The third-order valence-corrected chi connectivity index (χ3v) is 4.82. The van der Waals surface area contributed by atoms with Crippen LogP contribution in [0.3, 0.4) is 0 Å². The van der Waals surface area contributed by atoms with Crippen molar-refractivity contribution in [3.63, 3.8) is 0 Å². The van der Waals surface area contributed by atoms with Crippen LogP contribution >= 0.6 is 0 Å². The molecule has 0 spiro atoms. The highest BCUT2D eigenvalue weighted by atomic mass is 14.9. The highest BCUT2D eigenvalue weighted by Crippen LogP contribution is 2.31. The Hall–Kier alpha value is -0.0400. The quantitative estimate of drug-likeness (QED) is 0.739. The normalized spacial score (nSPS) is 27.4. The number of rotatable bonds is 5. The van der Waals surface area contributed by atoms with Crippen molar-refractivity contribution in [1.82, 2.24) is 5.32 Å². The van der Waals surface area contributed by atoms with E-state index >= 15 is 0 Å². The van der Waals surface area contributed by atoms with Crippen LogP contribution in [0.1, 0.15) is 71.6 Å². The van der Waals surface area contributed by atoms with Gasteiger partial charge in [0.15, 0.2) is 0 Å². The molecule has 94 valence electrons. The minimum atomic E-state index is 0.735. The van der Waals surface area contributed by atoms with Gasteiger partial charge in [0, 0.05) is 12.1 Å². The SMILES string of the molecule is CC(CC1CCCCC1)NC(C)C1CCC1. The summed E-state index contributed by atoms with van der Waals surface area (Å²) in [6.45, 7) is 4.78. The third-order valence-electron chi connectivity index (χ3n) is 4.82. The molecule has 0 aromatic heterocycles. The average molecular weight is 223 g/mol. The molecule has 0 aromatic rings. The maximum atomic E-state index is 3.83. The Morgan fingerprint density at radius 2 is 1.62 bits per heavy atom. The van der Waals surface area contributed by atoms with Crippen LogP contribution in [-0.4, -0.2) is 12.1 Å². The van der Waals surface area contributed by atoms with Gasteiger partial charge >= 0.3 is 0 Å². The van der Waals surface area contributed by atoms with E-state index in [0.29, 0.717) is 0 Å². The summed E-state index contributed by atoms with van der Waals surface area (Å²) < 4.78 is 0. The fraction of sp³-hybridized carbons (Fsp3) is 1.00. The Labute approximate surface area is 101 Å². The van der Waals surface area contributed by atoms with Gasteiger partial charge in [-0.3, -0.25) is 0 Å². The fourth-order valence-electron chi connectivity index (χ4n) is 3.52. The Balaban J connectivity index is 1.64. The van der Waals surface area contributed by atoms with Crippen LogP contribution in [0.5, 0.6) is 0 Å². The van der Waals surface area contributed by atoms with E-state index in [9.17, 15) is 0 Å². The van der Waals surface area contributed by atoms with Gasteiger partial charge in [0.25, 0.3) is 0 Å². The maximum Gasteiger partial charge on any atom is 0.00694 e. The predicted octanol–water partition coefficient (Wildman–Crippen LogP) is 4.12. The first-order chi connectivity index (χ1) is 7.75. The van der Waals surface area contributed by atoms with E-state index in [1.165, 1.54) is 57.8 Å². The standard InChI is InChI=1S/C15H29N/c1-12(11-14-7-4-3-5-8-14)16-13(2)15-9-6-10-15/h12-16H,3-11H2,1-2H3. The molecule has 0 aliphatic heterocycles. The molecule has 1 nitrogen and oxygen atoms in total. The molecule has 1 heteroatoms. The summed E-state index contributed by atoms with van der Waals surface area (Å²) in [5, 5.41) is 3.83. The van der Waals surface area contributed by atoms with E-state index in [2.05, 4.69) is 19.2 Å². The summed E-state index contributed by atoms with van der Waals surface area (Å²) in [5.41, 5.74) is 0. The van der Waals surface area contributed by atoms with Crippen LogP contribution in [0.4, 0.5) is 0 Å². The van der Waals surface area contributed by atoms with Crippen molar-refractivity contribution in [2.45, 2.75) is 83.7 Å². The fourth-order valence-corrected chi connectivity index (χ4v) is 3.52. The molecule has 1 N–H and O–H groups in total. The molecule has 0 saturated heterocycles. The van der Waals surface area contributed by atoms with E-state index in [-0.39, 0.29) is 0 Å². The van der Waals surface area contributed by atoms with Gasteiger partial charge in [-0.25, -0.2) is 0 Å². The van der Waals surface area contributed by atoms with E-state index in [1.54, 1.807) is 0 Å². The van der Waals surface area contributed by atoms with Crippen LogP contribution < -0.4 is 5.32 Å². The first-order valence-electron chi connectivity index (χ1n) is 7.51. The highest BCUT2D eigenvalue weighted by molar-refractivity contribution is 4.82. The largest absolute Gasteiger partial charge is 0.311 e. The molecule has 2 saturated carbocycles. The summed E-state index contributed by atoms with van der Waals surface area (Å²) in [4.78, 5) is 0. The maximum absolute atomic E-state index is 3.83. The molecule has 2 unspecified atom stereocenters. The Morgan fingerprint density at radius 1 is 0.938 bits per heavy atom. The summed E-state index contributed by atoms with van der Waals surface area (Å²) in [5.74, 6) is 2.00. The molecule has 0 heterocycles. The minimum Gasteiger partial charge on any atom is -0.311 e. The van der Waals surface area contributed by atoms with Crippen LogP contribution in [0.15, 0.2) is 0 Å². The van der Waals surface area contributed by atoms with Crippen molar-refractivity contribution in [3.8, 4) is 0 Å². The lowest BCUT2D eigenvalue weighted by Gasteiger charge is -2.35. The van der Waals surface area contributed by atoms with Crippen molar-refractivity contribution in [2.24, 2.45) is 11.8 Å². The van der Waals surface area contributed by atoms with Crippen LogP contribution in [0.2, 0.25) is 0 Å². The Kier molecular flexibility index (Phi) is 4.69. The van der Waals surface area contributed by atoms with Gasteiger partial charge in [0.1, 0.15) is 0 Å². The zero-order chi connectivity index (χ0) is 11.4. The molecule has 2 rings (SSSR count). The second-order valence-corrected chi connectivity index (χ2v) is 6.29. The summed E-state index contributed by atoms with van der Waals surface area (Å²) in [6, 6.07) is 1.49. The van der Waals surface area contributed by atoms with Crippen molar-refractivity contribution >= 4 is 0 Å². The number of hydrogen-bond acceptors (Lipinski definition) is 1. The topological polar surface area (TPSA) is 12.0 Å². The van der Waals surface area contributed by atoms with Gasteiger partial charge in [0.2, 0.25) is 0 Å². The molecule has 16 heavy (non-hydrogen) atoms.